The van der Waals surface area contributed by atoms with E-state index < -0.39 is 0 Å². The number of thiazole rings is 1. The maximum absolute atomic E-state index is 10.7. The standard InChI is InChI=1S/C10H7ClN2OS/c11-7-3-1-6(2-4-7)9-8(5-14)13-10(12)15-9/h1-5H,(H2,12,13). The molecule has 76 valence electrons. The van der Waals surface area contributed by atoms with Crippen LogP contribution in [0.25, 0.3) is 10.4 Å². The van der Waals surface area contributed by atoms with E-state index in [1.165, 1.54) is 11.3 Å². The van der Waals surface area contributed by atoms with E-state index in [0.717, 1.165) is 10.4 Å². The first-order valence-corrected chi connectivity index (χ1v) is 5.37. The van der Waals surface area contributed by atoms with Gasteiger partial charge >= 0.3 is 0 Å². The van der Waals surface area contributed by atoms with Crippen LogP contribution in [-0.2, 0) is 0 Å². The van der Waals surface area contributed by atoms with Crippen molar-refractivity contribution in [2.75, 3.05) is 5.73 Å². The lowest BCUT2D eigenvalue weighted by atomic mass is 10.2. The molecule has 2 aromatic rings. The fourth-order valence-corrected chi connectivity index (χ4v) is 2.17. The van der Waals surface area contributed by atoms with E-state index in [9.17, 15) is 4.79 Å². The summed E-state index contributed by atoms with van der Waals surface area (Å²) < 4.78 is 0. The van der Waals surface area contributed by atoms with Crippen LogP contribution in [0.2, 0.25) is 5.02 Å². The van der Waals surface area contributed by atoms with Crippen LogP contribution in [0.5, 0.6) is 0 Å². The highest BCUT2D eigenvalue weighted by Crippen LogP contribution is 2.31. The molecule has 0 aliphatic heterocycles. The van der Waals surface area contributed by atoms with Crippen molar-refractivity contribution in [3.05, 3.63) is 35.0 Å². The summed E-state index contributed by atoms with van der Waals surface area (Å²) in [5, 5.41) is 1.05. The molecule has 2 N–H and O–H groups in total. The molecule has 0 atom stereocenters. The van der Waals surface area contributed by atoms with E-state index in [1.807, 2.05) is 12.1 Å². The van der Waals surface area contributed by atoms with Crippen molar-refractivity contribution in [2.45, 2.75) is 0 Å². The minimum Gasteiger partial charge on any atom is -0.375 e. The molecule has 15 heavy (non-hydrogen) atoms. The first-order chi connectivity index (χ1) is 7.20. The molecule has 0 saturated heterocycles. The summed E-state index contributed by atoms with van der Waals surface area (Å²) in [6.07, 6.45) is 0.705. The summed E-state index contributed by atoms with van der Waals surface area (Å²) in [6, 6.07) is 7.20. The van der Waals surface area contributed by atoms with Crippen LogP contribution in [0.3, 0.4) is 0 Å². The van der Waals surface area contributed by atoms with Gasteiger partial charge in [-0.15, -0.1) is 0 Å². The molecule has 0 saturated carbocycles. The second kappa shape index (κ2) is 4.00. The Bertz CT molecular complexity index is 493. The van der Waals surface area contributed by atoms with Crippen LogP contribution in [0.4, 0.5) is 5.13 Å². The molecule has 0 unspecified atom stereocenters. The summed E-state index contributed by atoms with van der Waals surface area (Å²) >= 11 is 7.06. The third-order valence-corrected chi connectivity index (χ3v) is 3.09. The van der Waals surface area contributed by atoms with E-state index in [2.05, 4.69) is 4.98 Å². The molecule has 0 bridgehead atoms. The Kier molecular flexibility index (Phi) is 2.70. The van der Waals surface area contributed by atoms with E-state index in [4.69, 9.17) is 17.3 Å². The number of carbonyl (C=O) groups excluding carboxylic acids is 1. The van der Waals surface area contributed by atoms with Gasteiger partial charge in [0.05, 0.1) is 4.88 Å². The number of nitrogen functional groups attached to an aromatic ring is 1. The molecule has 1 aromatic carbocycles. The van der Waals surface area contributed by atoms with Gasteiger partial charge in [0.1, 0.15) is 5.69 Å². The molecule has 0 aliphatic rings. The monoisotopic (exact) mass is 238 g/mol. The van der Waals surface area contributed by atoms with E-state index in [1.54, 1.807) is 12.1 Å². The Balaban J connectivity index is 2.52. The molecule has 0 aliphatic carbocycles. The highest BCUT2D eigenvalue weighted by atomic mass is 35.5. The normalized spacial score (nSPS) is 10.2. The number of hydrogen-bond acceptors (Lipinski definition) is 4. The SMILES string of the molecule is Nc1nc(C=O)c(-c2ccc(Cl)cc2)s1. The fraction of sp³-hybridized carbons (Fsp3) is 0. The number of aldehydes is 1. The predicted octanol–water partition coefficient (Wildman–Crippen LogP) is 2.86. The molecular formula is C10H7ClN2OS. The van der Waals surface area contributed by atoms with Crippen molar-refractivity contribution in [3.8, 4) is 10.4 Å². The smallest absolute Gasteiger partial charge is 0.181 e. The van der Waals surface area contributed by atoms with Gasteiger partial charge in [0, 0.05) is 5.02 Å². The molecule has 0 fully saturated rings. The fourth-order valence-electron chi connectivity index (χ4n) is 1.24. The average Bonchev–Trinajstić information content (AvgIpc) is 2.61. The molecule has 1 heterocycles. The van der Waals surface area contributed by atoms with Crippen LogP contribution in [-0.4, -0.2) is 11.3 Å². The molecule has 0 spiro atoms. The lowest BCUT2D eigenvalue weighted by Crippen LogP contribution is -1.85. The van der Waals surface area contributed by atoms with Crippen LogP contribution in [0.15, 0.2) is 24.3 Å². The van der Waals surface area contributed by atoms with Gasteiger partial charge in [-0.1, -0.05) is 35.1 Å². The lowest BCUT2D eigenvalue weighted by Gasteiger charge is -1.97. The van der Waals surface area contributed by atoms with E-state index >= 15 is 0 Å². The highest BCUT2D eigenvalue weighted by Gasteiger charge is 2.10. The van der Waals surface area contributed by atoms with Crippen molar-refractivity contribution < 1.29 is 4.79 Å². The second-order valence-corrected chi connectivity index (χ2v) is 4.36. The summed E-state index contributed by atoms with van der Waals surface area (Å²) in [4.78, 5) is 15.4. The number of nitrogens with zero attached hydrogens (tertiary/aromatic N) is 1. The maximum Gasteiger partial charge on any atom is 0.181 e. The largest absolute Gasteiger partial charge is 0.375 e. The number of benzene rings is 1. The zero-order chi connectivity index (χ0) is 10.8. The van der Waals surface area contributed by atoms with E-state index in [0.29, 0.717) is 22.1 Å². The van der Waals surface area contributed by atoms with Crippen LogP contribution >= 0.6 is 22.9 Å². The number of rotatable bonds is 2. The van der Waals surface area contributed by atoms with Crippen molar-refractivity contribution in [3.63, 3.8) is 0 Å². The Morgan fingerprint density at radius 3 is 2.60 bits per heavy atom. The predicted molar refractivity (Wildman–Crippen MR) is 62.4 cm³/mol. The lowest BCUT2D eigenvalue weighted by molar-refractivity contribution is 0.112. The summed E-state index contributed by atoms with van der Waals surface area (Å²) in [7, 11) is 0. The number of anilines is 1. The number of aromatic nitrogens is 1. The van der Waals surface area contributed by atoms with Crippen LogP contribution in [0, 0.1) is 0 Å². The van der Waals surface area contributed by atoms with Gasteiger partial charge in [-0.2, -0.15) is 0 Å². The van der Waals surface area contributed by atoms with Crippen molar-refractivity contribution in [2.24, 2.45) is 0 Å². The Labute approximate surface area is 95.5 Å². The number of halogens is 1. The maximum atomic E-state index is 10.7. The molecule has 0 amide bonds. The van der Waals surface area contributed by atoms with Crippen molar-refractivity contribution in [1.82, 2.24) is 4.98 Å². The van der Waals surface area contributed by atoms with Gasteiger partial charge in [-0.3, -0.25) is 4.79 Å². The molecule has 5 heteroatoms. The van der Waals surface area contributed by atoms with Crippen LogP contribution < -0.4 is 5.73 Å². The number of nitrogens with two attached hydrogens (primary N) is 1. The van der Waals surface area contributed by atoms with Gasteiger partial charge in [0.2, 0.25) is 0 Å². The summed E-state index contributed by atoms with van der Waals surface area (Å²) in [5.41, 5.74) is 6.82. The van der Waals surface area contributed by atoms with Gasteiger partial charge in [0.15, 0.2) is 11.4 Å². The molecule has 2 rings (SSSR count). The van der Waals surface area contributed by atoms with Gasteiger partial charge < -0.3 is 5.73 Å². The van der Waals surface area contributed by atoms with Gasteiger partial charge in [-0.25, -0.2) is 4.98 Å². The highest BCUT2D eigenvalue weighted by molar-refractivity contribution is 7.19. The average molecular weight is 239 g/mol. The quantitative estimate of drug-likeness (QED) is 0.819. The zero-order valence-corrected chi connectivity index (χ0v) is 9.18. The third kappa shape index (κ3) is 2.00. The summed E-state index contributed by atoms with van der Waals surface area (Å²) in [5.74, 6) is 0. The topological polar surface area (TPSA) is 56.0 Å². The summed E-state index contributed by atoms with van der Waals surface area (Å²) in [6.45, 7) is 0. The Morgan fingerprint density at radius 1 is 1.33 bits per heavy atom. The van der Waals surface area contributed by atoms with Gasteiger partial charge in [0.25, 0.3) is 0 Å². The number of hydrogen-bond donors (Lipinski definition) is 1. The Morgan fingerprint density at radius 2 is 2.00 bits per heavy atom. The second-order valence-electron chi connectivity index (χ2n) is 2.89. The molecular weight excluding hydrogens is 232 g/mol. The van der Waals surface area contributed by atoms with Crippen molar-refractivity contribution >= 4 is 34.4 Å². The molecule has 1 aromatic heterocycles. The first-order valence-electron chi connectivity index (χ1n) is 4.18. The number of carbonyl (C=O) groups is 1. The van der Waals surface area contributed by atoms with Gasteiger partial charge in [-0.05, 0) is 17.7 Å². The first kappa shape index (κ1) is 10.1. The molecule has 3 nitrogen and oxygen atoms in total. The van der Waals surface area contributed by atoms with Crippen LogP contribution in [0.1, 0.15) is 10.5 Å². The Hall–Kier alpha value is -1.39. The van der Waals surface area contributed by atoms with Crippen molar-refractivity contribution in [1.29, 1.82) is 0 Å². The third-order valence-electron chi connectivity index (χ3n) is 1.89. The minimum atomic E-state index is 0.375. The zero-order valence-electron chi connectivity index (χ0n) is 7.61. The van der Waals surface area contributed by atoms with E-state index in [-0.39, 0.29) is 0 Å². The minimum absolute atomic E-state index is 0.375. The molecule has 0 radical (unpaired) electrons.